The van der Waals surface area contributed by atoms with Crippen molar-refractivity contribution < 1.29 is 9.53 Å². The van der Waals surface area contributed by atoms with Crippen molar-refractivity contribution in [3.8, 4) is 28.4 Å². The molecule has 8 nitrogen and oxygen atoms in total. The third kappa shape index (κ3) is 4.64. The first-order chi connectivity index (χ1) is 17.2. The SMILES string of the molecule is CCCCCSc1nnc2c(n1)O[C@H](c1cn[nH]c1-c1ccccc1)N(C(C)=O)c1ccccc1-2. The summed E-state index contributed by atoms with van der Waals surface area (Å²) in [6, 6.07) is 17.4. The van der Waals surface area contributed by atoms with Crippen molar-refractivity contribution in [3.05, 3.63) is 66.4 Å². The van der Waals surface area contributed by atoms with E-state index in [1.165, 1.54) is 6.92 Å². The minimum Gasteiger partial charge on any atom is -0.447 e. The highest BCUT2D eigenvalue weighted by Crippen LogP contribution is 2.44. The van der Waals surface area contributed by atoms with Crippen molar-refractivity contribution in [2.45, 2.75) is 44.5 Å². The van der Waals surface area contributed by atoms with Gasteiger partial charge in [0.2, 0.25) is 23.2 Å². The second-order valence-electron chi connectivity index (χ2n) is 8.25. The van der Waals surface area contributed by atoms with Crippen LogP contribution in [0.15, 0.2) is 66.0 Å². The molecule has 178 valence electrons. The molecule has 3 heterocycles. The molecule has 0 bridgehead atoms. The fraction of sp³-hybridized carbons (Fsp3) is 0.269. The summed E-state index contributed by atoms with van der Waals surface area (Å²) in [5.41, 5.74) is 4.38. The van der Waals surface area contributed by atoms with Gasteiger partial charge in [0, 0.05) is 23.8 Å². The van der Waals surface area contributed by atoms with Gasteiger partial charge in [-0.2, -0.15) is 10.1 Å². The number of rotatable bonds is 7. The molecule has 4 aromatic rings. The van der Waals surface area contributed by atoms with Gasteiger partial charge in [0.15, 0.2) is 5.69 Å². The number of amides is 1. The largest absolute Gasteiger partial charge is 0.447 e. The van der Waals surface area contributed by atoms with E-state index in [1.54, 1.807) is 22.9 Å². The molecule has 1 atom stereocenters. The van der Waals surface area contributed by atoms with Gasteiger partial charge in [0.25, 0.3) is 0 Å². The molecule has 0 fully saturated rings. The lowest BCUT2D eigenvalue weighted by Gasteiger charge is -2.29. The van der Waals surface area contributed by atoms with Gasteiger partial charge in [-0.05, 0) is 12.5 Å². The van der Waals surface area contributed by atoms with Crippen LogP contribution < -0.4 is 9.64 Å². The van der Waals surface area contributed by atoms with Crippen LogP contribution in [-0.4, -0.2) is 37.0 Å². The molecule has 0 saturated heterocycles. The monoisotopic (exact) mass is 486 g/mol. The van der Waals surface area contributed by atoms with Crippen LogP contribution in [0.2, 0.25) is 0 Å². The van der Waals surface area contributed by atoms with Crippen LogP contribution in [0.4, 0.5) is 5.69 Å². The summed E-state index contributed by atoms with van der Waals surface area (Å²) in [6.07, 6.45) is 4.31. The van der Waals surface area contributed by atoms with Gasteiger partial charge in [-0.25, -0.2) is 0 Å². The number of unbranched alkanes of at least 4 members (excludes halogenated alkanes) is 2. The molecule has 5 rings (SSSR count). The lowest BCUT2D eigenvalue weighted by molar-refractivity contribution is -0.118. The molecule has 0 aliphatic carbocycles. The number of H-pyrrole nitrogens is 1. The number of nitrogens with one attached hydrogen (secondary N) is 1. The van der Waals surface area contributed by atoms with E-state index in [0.717, 1.165) is 47.4 Å². The van der Waals surface area contributed by atoms with E-state index in [1.807, 2.05) is 54.6 Å². The highest BCUT2D eigenvalue weighted by atomic mass is 32.2. The Morgan fingerprint density at radius 3 is 2.69 bits per heavy atom. The van der Waals surface area contributed by atoms with Gasteiger partial charge in [-0.3, -0.25) is 14.8 Å². The summed E-state index contributed by atoms with van der Waals surface area (Å²) in [5, 5.41) is 16.8. The highest BCUT2D eigenvalue weighted by molar-refractivity contribution is 7.99. The number of fused-ring (bicyclic) bond motifs is 3. The zero-order valence-electron chi connectivity index (χ0n) is 19.6. The average Bonchev–Trinajstić information content (AvgIpc) is 3.32. The van der Waals surface area contributed by atoms with E-state index in [-0.39, 0.29) is 5.91 Å². The lowest BCUT2D eigenvalue weighted by atomic mass is 10.1. The minimum atomic E-state index is -0.793. The van der Waals surface area contributed by atoms with E-state index < -0.39 is 6.23 Å². The smallest absolute Gasteiger partial charge is 0.247 e. The second-order valence-corrected chi connectivity index (χ2v) is 9.31. The third-order valence-electron chi connectivity index (χ3n) is 5.83. The first-order valence-corrected chi connectivity index (χ1v) is 12.7. The maximum Gasteiger partial charge on any atom is 0.247 e. The molecule has 9 heteroatoms. The van der Waals surface area contributed by atoms with Crippen LogP contribution in [0.3, 0.4) is 0 Å². The predicted octanol–water partition coefficient (Wildman–Crippen LogP) is 5.66. The zero-order chi connectivity index (χ0) is 24.2. The van der Waals surface area contributed by atoms with Crippen LogP contribution >= 0.6 is 11.8 Å². The standard InChI is InChI=1S/C26H26N6O2S/c1-3-4-10-15-35-26-28-24-23(30-31-26)19-13-8-9-14-21(19)32(17(2)33)25(34-24)20-16-27-29-22(20)18-11-6-5-7-12-18/h5-9,11-14,16,25H,3-4,10,15H2,1-2H3,(H,27,29)/t25-/m1/s1. The predicted molar refractivity (Wildman–Crippen MR) is 136 cm³/mol. The van der Waals surface area contributed by atoms with Gasteiger partial charge >= 0.3 is 0 Å². The number of carbonyl (C=O) groups is 1. The quantitative estimate of drug-likeness (QED) is 0.266. The number of nitrogens with zero attached hydrogens (tertiary/aromatic N) is 5. The summed E-state index contributed by atoms with van der Waals surface area (Å²) in [6.45, 7) is 3.70. The van der Waals surface area contributed by atoms with Gasteiger partial charge < -0.3 is 4.74 Å². The maximum atomic E-state index is 13.0. The van der Waals surface area contributed by atoms with Crippen LogP contribution in [0, 0.1) is 0 Å². The number of anilines is 1. The molecular weight excluding hydrogens is 460 g/mol. The fourth-order valence-corrected chi connectivity index (χ4v) is 4.93. The topological polar surface area (TPSA) is 96.9 Å². The van der Waals surface area contributed by atoms with Crippen LogP contribution in [-0.2, 0) is 4.79 Å². The molecule has 2 aromatic carbocycles. The molecule has 35 heavy (non-hydrogen) atoms. The number of para-hydroxylation sites is 1. The number of ether oxygens (including phenoxy) is 1. The minimum absolute atomic E-state index is 0.169. The van der Waals surface area contributed by atoms with Crippen molar-refractivity contribution >= 4 is 23.4 Å². The van der Waals surface area contributed by atoms with Crippen LogP contribution in [0.25, 0.3) is 22.5 Å². The van der Waals surface area contributed by atoms with Crippen molar-refractivity contribution in [1.82, 2.24) is 25.4 Å². The highest BCUT2D eigenvalue weighted by Gasteiger charge is 2.36. The summed E-state index contributed by atoms with van der Waals surface area (Å²) < 4.78 is 6.51. The second kappa shape index (κ2) is 10.3. The summed E-state index contributed by atoms with van der Waals surface area (Å²) in [5.74, 6) is 1.09. The Morgan fingerprint density at radius 2 is 1.89 bits per heavy atom. The fourth-order valence-electron chi connectivity index (χ4n) is 4.15. The summed E-state index contributed by atoms with van der Waals surface area (Å²) >= 11 is 1.56. The number of hydrogen-bond acceptors (Lipinski definition) is 7. The molecular formula is C26H26N6O2S. The van der Waals surface area contributed by atoms with Crippen LogP contribution in [0.1, 0.15) is 44.9 Å². The lowest BCUT2D eigenvalue weighted by Crippen LogP contribution is -2.36. The average molecular weight is 487 g/mol. The number of aromatic nitrogens is 5. The van der Waals surface area contributed by atoms with Crippen molar-refractivity contribution in [2.75, 3.05) is 10.7 Å². The number of hydrogen-bond donors (Lipinski definition) is 1. The molecule has 0 spiro atoms. The van der Waals surface area contributed by atoms with Gasteiger partial charge in [-0.15, -0.1) is 10.2 Å². The molecule has 1 amide bonds. The van der Waals surface area contributed by atoms with Gasteiger partial charge in [0.05, 0.1) is 23.1 Å². The molecule has 0 unspecified atom stereocenters. The first kappa shape index (κ1) is 23.0. The van der Waals surface area contributed by atoms with Crippen LogP contribution in [0.5, 0.6) is 5.88 Å². The number of carbonyl (C=O) groups excluding carboxylic acids is 1. The molecule has 1 aliphatic heterocycles. The summed E-state index contributed by atoms with van der Waals surface area (Å²) in [4.78, 5) is 19.4. The van der Waals surface area contributed by atoms with E-state index in [4.69, 9.17) is 9.72 Å². The first-order valence-electron chi connectivity index (χ1n) is 11.7. The van der Waals surface area contributed by atoms with Gasteiger partial charge in [0.1, 0.15) is 0 Å². The van der Waals surface area contributed by atoms with E-state index in [0.29, 0.717) is 22.4 Å². The maximum absolute atomic E-state index is 13.0. The zero-order valence-corrected chi connectivity index (χ0v) is 20.5. The Bertz CT molecular complexity index is 1330. The van der Waals surface area contributed by atoms with E-state index in [9.17, 15) is 4.79 Å². The van der Waals surface area contributed by atoms with Gasteiger partial charge in [-0.1, -0.05) is 80.1 Å². The van der Waals surface area contributed by atoms with Crippen molar-refractivity contribution in [1.29, 1.82) is 0 Å². The molecule has 0 saturated carbocycles. The molecule has 1 aliphatic rings. The molecule has 0 radical (unpaired) electrons. The van der Waals surface area contributed by atoms with E-state index >= 15 is 0 Å². The Hall–Kier alpha value is -3.72. The Balaban J connectivity index is 1.62. The molecule has 2 aromatic heterocycles. The third-order valence-corrected chi connectivity index (χ3v) is 6.75. The normalized spacial score (nSPS) is 14.6. The number of benzene rings is 2. The van der Waals surface area contributed by atoms with Crippen molar-refractivity contribution in [2.24, 2.45) is 0 Å². The molecule has 1 N–H and O–H groups in total. The Labute approximate surface area is 208 Å². The van der Waals surface area contributed by atoms with Crippen molar-refractivity contribution in [3.63, 3.8) is 0 Å². The Kier molecular flexibility index (Phi) is 6.76. The van der Waals surface area contributed by atoms with E-state index in [2.05, 4.69) is 27.3 Å². The Morgan fingerprint density at radius 1 is 1.09 bits per heavy atom. The number of thioether (sulfide) groups is 1. The summed E-state index contributed by atoms with van der Waals surface area (Å²) in [7, 11) is 0. The number of aromatic amines is 1.